The molecule has 0 saturated heterocycles. The molecule has 2 aromatic carbocycles. The van der Waals surface area contributed by atoms with Gasteiger partial charge in [0.2, 0.25) is 6.79 Å². The molecule has 6 nitrogen and oxygen atoms in total. The summed E-state index contributed by atoms with van der Waals surface area (Å²) in [6, 6.07) is 12.4. The predicted octanol–water partition coefficient (Wildman–Crippen LogP) is 3.68. The maximum absolute atomic E-state index is 5.48. The van der Waals surface area contributed by atoms with Gasteiger partial charge in [-0.15, -0.1) is 0 Å². The molecule has 0 amide bonds. The molecule has 0 radical (unpaired) electrons. The Labute approximate surface area is 161 Å². The van der Waals surface area contributed by atoms with Crippen molar-refractivity contribution in [3.8, 4) is 22.9 Å². The van der Waals surface area contributed by atoms with E-state index in [1.165, 1.54) is 11.1 Å². The van der Waals surface area contributed by atoms with Gasteiger partial charge in [-0.25, -0.2) is 15.0 Å². The summed E-state index contributed by atoms with van der Waals surface area (Å²) in [5.41, 5.74) is 5.51. The molecule has 2 aliphatic heterocycles. The first-order valence-electron chi connectivity index (χ1n) is 9.46. The van der Waals surface area contributed by atoms with Gasteiger partial charge in [0.15, 0.2) is 11.5 Å². The zero-order valence-corrected chi connectivity index (χ0v) is 15.5. The van der Waals surface area contributed by atoms with Crippen molar-refractivity contribution in [2.24, 2.45) is 0 Å². The van der Waals surface area contributed by atoms with Crippen molar-refractivity contribution in [2.75, 3.05) is 6.79 Å². The zero-order chi connectivity index (χ0) is 18.7. The lowest BCUT2D eigenvalue weighted by Gasteiger charge is -2.06. The van der Waals surface area contributed by atoms with Crippen molar-refractivity contribution in [3.63, 3.8) is 0 Å². The Morgan fingerprint density at radius 1 is 1.00 bits per heavy atom. The van der Waals surface area contributed by atoms with Crippen LogP contribution in [0.1, 0.15) is 22.8 Å². The number of hydrogen-bond donors (Lipinski definition) is 0. The number of imidazole rings is 1. The second-order valence-electron chi connectivity index (χ2n) is 7.29. The van der Waals surface area contributed by atoms with E-state index >= 15 is 0 Å². The van der Waals surface area contributed by atoms with Crippen molar-refractivity contribution in [3.05, 3.63) is 65.4 Å². The zero-order valence-electron chi connectivity index (χ0n) is 15.5. The van der Waals surface area contributed by atoms with Crippen LogP contribution in [0.15, 0.2) is 42.6 Å². The Hall–Kier alpha value is -3.41. The summed E-state index contributed by atoms with van der Waals surface area (Å²) >= 11 is 0. The third kappa shape index (κ3) is 2.37. The lowest BCUT2D eigenvalue weighted by molar-refractivity contribution is 0.174. The van der Waals surface area contributed by atoms with Crippen molar-refractivity contribution >= 4 is 10.9 Å². The molecule has 28 heavy (non-hydrogen) atoms. The Morgan fingerprint density at radius 2 is 1.86 bits per heavy atom. The fourth-order valence-corrected chi connectivity index (χ4v) is 4.07. The van der Waals surface area contributed by atoms with E-state index in [-0.39, 0.29) is 6.79 Å². The second kappa shape index (κ2) is 5.79. The van der Waals surface area contributed by atoms with E-state index in [0.717, 1.165) is 64.8 Å². The van der Waals surface area contributed by atoms with E-state index in [9.17, 15) is 0 Å². The van der Waals surface area contributed by atoms with Crippen molar-refractivity contribution in [1.29, 1.82) is 0 Å². The van der Waals surface area contributed by atoms with Gasteiger partial charge in [0.1, 0.15) is 11.6 Å². The quantitative estimate of drug-likeness (QED) is 0.485. The Balaban J connectivity index is 1.27. The predicted molar refractivity (Wildman–Crippen MR) is 105 cm³/mol. The van der Waals surface area contributed by atoms with Gasteiger partial charge in [0, 0.05) is 41.9 Å². The van der Waals surface area contributed by atoms with Crippen LogP contribution in [0.5, 0.6) is 11.5 Å². The highest BCUT2D eigenvalue weighted by Crippen LogP contribution is 2.36. The smallest absolute Gasteiger partial charge is 0.231 e. The number of rotatable bonds is 3. The van der Waals surface area contributed by atoms with Crippen LogP contribution in [0.3, 0.4) is 0 Å². The molecule has 4 heterocycles. The van der Waals surface area contributed by atoms with E-state index in [1.54, 1.807) is 0 Å². The maximum atomic E-state index is 5.48. The first kappa shape index (κ1) is 15.6. The molecule has 4 aromatic rings. The number of ether oxygens (including phenoxy) is 2. The minimum Gasteiger partial charge on any atom is -0.454 e. The summed E-state index contributed by atoms with van der Waals surface area (Å²) < 4.78 is 13.2. The molecule has 0 fully saturated rings. The average molecular weight is 370 g/mol. The molecule has 2 aliphatic rings. The number of benzene rings is 2. The van der Waals surface area contributed by atoms with Crippen LogP contribution in [0.2, 0.25) is 0 Å². The summed E-state index contributed by atoms with van der Waals surface area (Å²) in [4.78, 5) is 14.3. The average Bonchev–Trinajstić information content (AvgIpc) is 3.39. The SMILES string of the molecule is Cc1nc(CCc2cn3c(n2)-c2ccccc2C3)nc2cc3c(cc12)OCO3. The second-order valence-corrected chi connectivity index (χ2v) is 7.29. The molecule has 0 spiro atoms. The third-order valence-corrected chi connectivity index (χ3v) is 5.46. The minimum absolute atomic E-state index is 0.263. The largest absolute Gasteiger partial charge is 0.454 e. The summed E-state index contributed by atoms with van der Waals surface area (Å²) in [5.74, 6) is 3.41. The minimum atomic E-state index is 0.263. The summed E-state index contributed by atoms with van der Waals surface area (Å²) in [7, 11) is 0. The monoisotopic (exact) mass is 370 g/mol. The van der Waals surface area contributed by atoms with Gasteiger partial charge in [0.05, 0.1) is 11.2 Å². The third-order valence-electron chi connectivity index (χ3n) is 5.46. The van der Waals surface area contributed by atoms with Gasteiger partial charge in [-0.05, 0) is 25.0 Å². The number of aromatic nitrogens is 4. The van der Waals surface area contributed by atoms with Crippen LogP contribution >= 0.6 is 0 Å². The molecule has 0 aliphatic carbocycles. The fourth-order valence-electron chi connectivity index (χ4n) is 4.07. The number of nitrogens with zero attached hydrogens (tertiary/aromatic N) is 4. The van der Waals surface area contributed by atoms with Crippen molar-refractivity contribution in [1.82, 2.24) is 19.5 Å². The summed E-state index contributed by atoms with van der Waals surface area (Å²) in [6.07, 6.45) is 3.72. The van der Waals surface area contributed by atoms with Crippen LogP contribution < -0.4 is 9.47 Å². The summed E-state index contributed by atoms with van der Waals surface area (Å²) in [5, 5.41) is 1.01. The maximum Gasteiger partial charge on any atom is 0.231 e. The topological polar surface area (TPSA) is 62.1 Å². The van der Waals surface area contributed by atoms with E-state index < -0.39 is 0 Å². The van der Waals surface area contributed by atoms with E-state index in [0.29, 0.717) is 0 Å². The molecule has 0 bridgehead atoms. The highest BCUT2D eigenvalue weighted by Gasteiger charge is 2.21. The molecular weight excluding hydrogens is 352 g/mol. The van der Waals surface area contributed by atoms with Gasteiger partial charge < -0.3 is 14.0 Å². The lowest BCUT2D eigenvalue weighted by atomic mass is 10.1. The molecule has 0 saturated carbocycles. The van der Waals surface area contributed by atoms with Crippen LogP contribution in [-0.2, 0) is 19.4 Å². The van der Waals surface area contributed by atoms with Gasteiger partial charge in [0.25, 0.3) is 0 Å². The Bertz CT molecular complexity index is 1240. The van der Waals surface area contributed by atoms with E-state index in [2.05, 4.69) is 35.0 Å². The van der Waals surface area contributed by atoms with Gasteiger partial charge in [-0.2, -0.15) is 0 Å². The lowest BCUT2D eigenvalue weighted by Crippen LogP contribution is -2.01. The van der Waals surface area contributed by atoms with E-state index in [1.807, 2.05) is 19.1 Å². The fraction of sp³-hybridized carbons (Fsp3) is 0.227. The van der Waals surface area contributed by atoms with E-state index in [4.69, 9.17) is 24.4 Å². The normalized spacial score (nSPS) is 13.8. The van der Waals surface area contributed by atoms with Crippen molar-refractivity contribution in [2.45, 2.75) is 26.3 Å². The van der Waals surface area contributed by atoms with Gasteiger partial charge in [-0.1, -0.05) is 24.3 Å². The highest BCUT2D eigenvalue weighted by atomic mass is 16.7. The highest BCUT2D eigenvalue weighted by molar-refractivity contribution is 5.84. The number of aryl methyl sites for hydroxylation is 3. The summed E-state index contributed by atoms with van der Waals surface area (Å²) in [6.45, 7) is 3.17. The molecule has 138 valence electrons. The molecule has 0 unspecified atom stereocenters. The first-order valence-corrected chi connectivity index (χ1v) is 9.46. The Morgan fingerprint density at radius 3 is 2.79 bits per heavy atom. The first-order chi connectivity index (χ1) is 13.7. The molecule has 2 aromatic heterocycles. The standard InChI is InChI=1S/C22H18N4O2/c1-13-17-8-19-20(28-12-27-19)9-18(17)25-21(23-13)7-6-15-11-26-10-14-4-2-3-5-16(14)22(26)24-15/h2-5,8-9,11H,6-7,10,12H2,1H3. The number of hydrogen-bond acceptors (Lipinski definition) is 5. The van der Waals surface area contributed by atoms with Crippen LogP contribution in [0.4, 0.5) is 0 Å². The molecule has 0 atom stereocenters. The van der Waals surface area contributed by atoms with Crippen LogP contribution in [-0.4, -0.2) is 26.3 Å². The van der Waals surface area contributed by atoms with Crippen molar-refractivity contribution < 1.29 is 9.47 Å². The van der Waals surface area contributed by atoms with Gasteiger partial charge in [-0.3, -0.25) is 0 Å². The van der Waals surface area contributed by atoms with Gasteiger partial charge >= 0.3 is 0 Å². The number of fused-ring (bicyclic) bond motifs is 5. The molecule has 0 N–H and O–H groups in total. The van der Waals surface area contributed by atoms with Crippen LogP contribution in [0, 0.1) is 6.92 Å². The molecule has 6 rings (SSSR count). The van der Waals surface area contributed by atoms with Crippen LogP contribution in [0.25, 0.3) is 22.3 Å². The molecular formula is C22H18N4O2. The Kier molecular flexibility index (Phi) is 3.23. The molecule has 6 heteroatoms.